The van der Waals surface area contributed by atoms with Gasteiger partial charge in [0, 0.05) is 53.6 Å². The van der Waals surface area contributed by atoms with Gasteiger partial charge in [0.25, 0.3) is 0 Å². The summed E-state index contributed by atoms with van der Waals surface area (Å²) in [4.78, 5) is 16.3. The first-order chi connectivity index (χ1) is 20.2. The topological polar surface area (TPSA) is 70.5 Å². The number of hydrogen-bond acceptors (Lipinski definition) is 4. The zero-order valence-electron chi connectivity index (χ0n) is 25.4. The number of anilines is 1. The molecule has 0 fully saturated rings. The SMILES string of the molecule is C=C(C)C(=O)NCCCNCc1ccc(CNc2ccc(/C(=C3/N=C(C)C=C3C)c3c(C)cc(C)n3BF)cc2)cc1. The highest BCUT2D eigenvalue weighted by Gasteiger charge is 2.23. The van der Waals surface area contributed by atoms with Crippen LogP contribution in [0.2, 0.25) is 0 Å². The molecule has 1 aliphatic heterocycles. The van der Waals surface area contributed by atoms with Gasteiger partial charge in [0.05, 0.1) is 5.70 Å². The number of allylic oxidation sites excluding steroid dienone is 2. The molecular weight excluding hydrogens is 524 g/mol. The molecule has 0 atom stereocenters. The van der Waals surface area contributed by atoms with E-state index < -0.39 is 7.69 Å². The van der Waals surface area contributed by atoms with Crippen LogP contribution in [0.3, 0.4) is 0 Å². The molecule has 3 aromatic rings. The number of halogens is 1. The second kappa shape index (κ2) is 14.1. The molecule has 0 saturated heterocycles. The van der Waals surface area contributed by atoms with Gasteiger partial charge in [-0.1, -0.05) is 43.0 Å². The highest BCUT2D eigenvalue weighted by molar-refractivity contribution is 6.25. The van der Waals surface area contributed by atoms with Gasteiger partial charge in [-0.25, -0.2) is 0 Å². The average Bonchev–Trinajstić information content (AvgIpc) is 3.46. The van der Waals surface area contributed by atoms with E-state index in [4.69, 9.17) is 4.99 Å². The molecule has 6 nitrogen and oxygen atoms in total. The van der Waals surface area contributed by atoms with Crippen molar-refractivity contribution in [1.29, 1.82) is 0 Å². The molecule has 0 spiro atoms. The number of carbonyl (C=O) groups excluding carboxylic acids is 1. The first kappa shape index (κ1) is 30.8. The molecule has 1 amide bonds. The van der Waals surface area contributed by atoms with E-state index in [9.17, 15) is 9.11 Å². The van der Waals surface area contributed by atoms with Crippen LogP contribution in [0, 0.1) is 13.8 Å². The zero-order chi connectivity index (χ0) is 30.2. The zero-order valence-corrected chi connectivity index (χ0v) is 25.4. The van der Waals surface area contributed by atoms with Crippen molar-refractivity contribution in [2.24, 2.45) is 4.99 Å². The monoisotopic (exact) mass is 565 g/mol. The number of benzene rings is 2. The van der Waals surface area contributed by atoms with Crippen LogP contribution < -0.4 is 16.0 Å². The van der Waals surface area contributed by atoms with Crippen LogP contribution >= 0.6 is 0 Å². The number of nitrogens with one attached hydrogen (secondary N) is 3. The smallest absolute Gasteiger partial charge is 0.381 e. The predicted octanol–water partition coefficient (Wildman–Crippen LogP) is 6.15. The summed E-state index contributed by atoms with van der Waals surface area (Å²) in [7, 11) is -0.582. The van der Waals surface area contributed by atoms with Gasteiger partial charge < -0.3 is 24.7 Å². The lowest BCUT2D eigenvalue weighted by Gasteiger charge is -2.17. The molecule has 0 aliphatic carbocycles. The molecule has 42 heavy (non-hydrogen) atoms. The van der Waals surface area contributed by atoms with E-state index >= 15 is 0 Å². The van der Waals surface area contributed by atoms with Gasteiger partial charge in [-0.2, -0.15) is 0 Å². The molecule has 3 N–H and O–H groups in total. The van der Waals surface area contributed by atoms with Crippen LogP contribution in [0.15, 0.2) is 89.1 Å². The van der Waals surface area contributed by atoms with Gasteiger partial charge in [0.1, 0.15) is 0 Å². The number of amides is 1. The van der Waals surface area contributed by atoms with Crippen LogP contribution in [0.1, 0.15) is 60.8 Å². The third kappa shape index (κ3) is 7.56. The number of carbonyl (C=O) groups is 1. The lowest BCUT2D eigenvalue weighted by atomic mass is 9.95. The van der Waals surface area contributed by atoms with Crippen LogP contribution in [-0.4, -0.2) is 36.9 Å². The minimum atomic E-state index is -0.582. The Hall–Kier alpha value is -4.17. The highest BCUT2D eigenvalue weighted by Crippen LogP contribution is 2.36. The van der Waals surface area contributed by atoms with Crippen molar-refractivity contribution >= 4 is 30.6 Å². The fourth-order valence-electron chi connectivity index (χ4n) is 5.18. The molecule has 8 heteroatoms. The number of aromatic nitrogens is 1. The van der Waals surface area contributed by atoms with Gasteiger partial charge in [-0.15, -0.1) is 0 Å². The fraction of sp³-hybridized carbons (Fsp3) is 0.294. The lowest BCUT2D eigenvalue weighted by Crippen LogP contribution is -2.27. The number of aliphatic imine (C=N–C) groups is 1. The van der Waals surface area contributed by atoms with Crippen molar-refractivity contribution in [3.8, 4) is 0 Å². The largest absolute Gasteiger partial charge is 0.448 e. The van der Waals surface area contributed by atoms with Crippen molar-refractivity contribution in [2.45, 2.75) is 54.1 Å². The summed E-state index contributed by atoms with van der Waals surface area (Å²) in [5.74, 6) is -0.0898. The molecule has 2 heterocycles. The number of aryl methyl sites for hydroxylation is 2. The van der Waals surface area contributed by atoms with Crippen molar-refractivity contribution < 1.29 is 9.11 Å². The summed E-state index contributed by atoms with van der Waals surface area (Å²) < 4.78 is 15.9. The Morgan fingerprint density at radius 3 is 2.24 bits per heavy atom. The Labute approximate surface area is 249 Å². The molecule has 0 radical (unpaired) electrons. The maximum absolute atomic E-state index is 14.2. The van der Waals surface area contributed by atoms with Crippen molar-refractivity contribution in [1.82, 2.24) is 15.1 Å². The summed E-state index contributed by atoms with van der Waals surface area (Å²) in [6.07, 6.45) is 2.94. The number of rotatable bonds is 13. The van der Waals surface area contributed by atoms with Crippen molar-refractivity contribution in [3.63, 3.8) is 0 Å². The van der Waals surface area contributed by atoms with E-state index in [2.05, 4.69) is 84.1 Å². The van der Waals surface area contributed by atoms with Gasteiger partial charge in [0.15, 0.2) is 0 Å². The van der Waals surface area contributed by atoms with E-state index in [0.717, 1.165) is 70.3 Å². The Kier molecular flexibility index (Phi) is 10.4. The minimum absolute atomic E-state index is 0.0898. The maximum Gasteiger partial charge on any atom is 0.448 e. The van der Waals surface area contributed by atoms with E-state index in [1.807, 2.05) is 26.8 Å². The van der Waals surface area contributed by atoms with E-state index in [0.29, 0.717) is 18.7 Å². The van der Waals surface area contributed by atoms with Crippen LogP contribution in [0.4, 0.5) is 10.0 Å². The third-order valence-electron chi connectivity index (χ3n) is 7.40. The predicted molar refractivity (Wildman–Crippen MR) is 175 cm³/mol. The molecule has 0 bridgehead atoms. The first-order valence-corrected chi connectivity index (χ1v) is 14.5. The van der Waals surface area contributed by atoms with Crippen molar-refractivity contribution in [2.75, 3.05) is 18.4 Å². The molecule has 4 rings (SSSR count). The van der Waals surface area contributed by atoms with Crippen LogP contribution in [0.5, 0.6) is 0 Å². The molecular formula is C34H41BFN5O. The summed E-state index contributed by atoms with van der Waals surface area (Å²) in [5.41, 5.74) is 11.7. The normalized spacial score (nSPS) is 13.9. The summed E-state index contributed by atoms with van der Waals surface area (Å²) in [6, 6.07) is 18.9. The van der Waals surface area contributed by atoms with E-state index in [-0.39, 0.29) is 5.91 Å². The second-order valence-electron chi connectivity index (χ2n) is 11.0. The summed E-state index contributed by atoms with van der Waals surface area (Å²) in [6.45, 7) is 16.3. The first-order valence-electron chi connectivity index (χ1n) is 14.5. The van der Waals surface area contributed by atoms with Gasteiger partial charge in [-0.05, 0) is 99.7 Å². The number of hydrogen-bond donors (Lipinski definition) is 3. The second-order valence-corrected chi connectivity index (χ2v) is 11.0. The Morgan fingerprint density at radius 2 is 1.64 bits per heavy atom. The van der Waals surface area contributed by atoms with Crippen molar-refractivity contribution in [3.05, 3.63) is 118 Å². The average molecular weight is 566 g/mol. The van der Waals surface area contributed by atoms with Gasteiger partial charge in [0.2, 0.25) is 5.91 Å². The number of nitrogens with zero attached hydrogens (tertiary/aromatic N) is 2. The highest BCUT2D eigenvalue weighted by atomic mass is 19.1. The molecule has 0 unspecified atom stereocenters. The Balaban J connectivity index is 1.37. The van der Waals surface area contributed by atoms with Gasteiger partial charge >= 0.3 is 7.69 Å². The fourth-order valence-corrected chi connectivity index (χ4v) is 5.18. The van der Waals surface area contributed by atoms with E-state index in [1.165, 1.54) is 11.1 Å². The van der Waals surface area contributed by atoms with E-state index in [1.54, 1.807) is 11.4 Å². The Morgan fingerprint density at radius 1 is 0.976 bits per heavy atom. The molecule has 218 valence electrons. The third-order valence-corrected chi connectivity index (χ3v) is 7.40. The molecule has 1 aliphatic rings. The Bertz CT molecular complexity index is 1530. The quantitative estimate of drug-likeness (QED) is 0.132. The molecule has 1 aromatic heterocycles. The standard InChI is InChI=1S/C34H41BFN5O/c1-22(2)34(42)38-17-7-16-37-20-27-8-10-28(11-9-27)21-39-30-14-12-29(13-15-30)31(32-23(3)18-25(5)40-32)33-24(4)19-26(6)41(33)35-36/h8-15,18-19,35,37,39H,1,7,16-17,20-21H2,2-6H3,(H,38,42)/b32-31-. The lowest BCUT2D eigenvalue weighted by molar-refractivity contribution is -0.117. The molecule has 2 aromatic carbocycles. The molecule has 0 saturated carbocycles. The summed E-state index contributed by atoms with van der Waals surface area (Å²) in [5, 5.41) is 9.78. The van der Waals surface area contributed by atoms with Gasteiger partial charge in [-0.3, -0.25) is 9.79 Å². The van der Waals surface area contributed by atoms with Crippen LogP contribution in [0.25, 0.3) is 5.57 Å². The minimum Gasteiger partial charge on any atom is -0.381 e. The maximum atomic E-state index is 14.2. The summed E-state index contributed by atoms with van der Waals surface area (Å²) >= 11 is 0. The van der Waals surface area contributed by atoms with Crippen LogP contribution in [-0.2, 0) is 17.9 Å².